The first-order valence-corrected chi connectivity index (χ1v) is 8.16. The second kappa shape index (κ2) is 5.57. The molecule has 0 saturated heterocycles. The highest BCUT2D eigenvalue weighted by atomic mass is 32.2. The van der Waals surface area contributed by atoms with E-state index >= 15 is 0 Å². The summed E-state index contributed by atoms with van der Waals surface area (Å²) in [7, 11) is 0. The Morgan fingerprint density at radius 3 is 2.68 bits per heavy atom. The number of hydrogen-bond donors (Lipinski definition) is 1. The van der Waals surface area contributed by atoms with Crippen molar-refractivity contribution in [2.24, 2.45) is 0 Å². The van der Waals surface area contributed by atoms with Gasteiger partial charge in [-0.05, 0) is 31.7 Å². The third kappa shape index (κ3) is 3.14. The van der Waals surface area contributed by atoms with Crippen LogP contribution in [0.15, 0.2) is 11.1 Å². The van der Waals surface area contributed by atoms with Crippen LogP contribution in [0.1, 0.15) is 62.6 Å². The van der Waals surface area contributed by atoms with Gasteiger partial charge in [0.2, 0.25) is 0 Å². The van der Waals surface area contributed by atoms with E-state index in [1.165, 1.54) is 62.4 Å². The fourth-order valence-electron chi connectivity index (χ4n) is 2.80. The smallest absolute Gasteiger partial charge is 0.313 e. The number of carboxylic acids is 1. The van der Waals surface area contributed by atoms with Gasteiger partial charge >= 0.3 is 5.97 Å². The van der Waals surface area contributed by atoms with Gasteiger partial charge in [0.25, 0.3) is 0 Å². The minimum absolute atomic E-state index is 0.127. The molecule has 1 heterocycles. The van der Waals surface area contributed by atoms with Crippen molar-refractivity contribution in [3.63, 3.8) is 0 Å². The van der Waals surface area contributed by atoms with Gasteiger partial charge in [0.05, 0.1) is 22.5 Å². The predicted molar refractivity (Wildman–Crippen MR) is 74.7 cm³/mol. The van der Waals surface area contributed by atoms with Gasteiger partial charge in [-0.15, -0.1) is 0 Å². The monoisotopic (exact) mass is 280 g/mol. The van der Waals surface area contributed by atoms with E-state index in [1.54, 1.807) is 0 Å². The molecule has 1 aromatic rings. The zero-order chi connectivity index (χ0) is 13.2. The highest BCUT2D eigenvalue weighted by Crippen LogP contribution is 2.42. The van der Waals surface area contributed by atoms with Gasteiger partial charge in [0, 0.05) is 5.92 Å². The van der Waals surface area contributed by atoms with Crippen LogP contribution in [-0.4, -0.2) is 26.6 Å². The standard InChI is InChI=1S/C14H20N2O2S/c17-14(18)9-19-13-8-12(10-6-7-10)15-16(13)11-4-2-1-3-5-11/h8,10-11H,1-7,9H2,(H,17,18). The molecular weight excluding hydrogens is 260 g/mol. The average molecular weight is 280 g/mol. The lowest BCUT2D eigenvalue weighted by Crippen LogP contribution is -2.15. The number of thioether (sulfide) groups is 1. The van der Waals surface area contributed by atoms with E-state index in [-0.39, 0.29) is 5.75 Å². The van der Waals surface area contributed by atoms with Crippen LogP contribution in [0.4, 0.5) is 0 Å². The molecule has 1 N–H and O–H groups in total. The number of nitrogens with zero attached hydrogens (tertiary/aromatic N) is 2. The summed E-state index contributed by atoms with van der Waals surface area (Å²) in [5.41, 5.74) is 1.18. The number of aliphatic carboxylic acids is 1. The fourth-order valence-corrected chi connectivity index (χ4v) is 3.60. The van der Waals surface area contributed by atoms with Gasteiger partial charge in [-0.2, -0.15) is 5.10 Å². The molecule has 2 saturated carbocycles. The SMILES string of the molecule is O=C(O)CSc1cc(C2CC2)nn1C1CCCCC1. The van der Waals surface area contributed by atoms with E-state index < -0.39 is 5.97 Å². The van der Waals surface area contributed by atoms with Gasteiger partial charge in [0.15, 0.2) is 0 Å². The maximum atomic E-state index is 10.8. The van der Waals surface area contributed by atoms with Crippen LogP contribution in [0.5, 0.6) is 0 Å². The maximum absolute atomic E-state index is 10.8. The largest absolute Gasteiger partial charge is 0.481 e. The molecule has 3 rings (SSSR count). The third-order valence-electron chi connectivity index (χ3n) is 3.98. The molecule has 0 amide bonds. The Labute approximate surface area is 117 Å². The fraction of sp³-hybridized carbons (Fsp3) is 0.714. The number of rotatable bonds is 5. The van der Waals surface area contributed by atoms with Crippen LogP contribution in [0.25, 0.3) is 0 Å². The van der Waals surface area contributed by atoms with Crippen molar-refractivity contribution in [2.75, 3.05) is 5.75 Å². The molecule has 0 aromatic carbocycles. The molecule has 2 aliphatic carbocycles. The summed E-state index contributed by atoms with van der Waals surface area (Å²) in [6, 6.07) is 2.61. The maximum Gasteiger partial charge on any atom is 0.313 e. The van der Waals surface area contributed by atoms with Crippen LogP contribution in [-0.2, 0) is 4.79 Å². The Kier molecular flexibility index (Phi) is 3.82. The molecule has 5 heteroatoms. The van der Waals surface area contributed by atoms with E-state index in [9.17, 15) is 4.79 Å². The Balaban J connectivity index is 1.79. The molecule has 0 unspecified atom stereocenters. The topological polar surface area (TPSA) is 55.1 Å². The molecule has 0 spiro atoms. The van der Waals surface area contributed by atoms with Crippen molar-refractivity contribution < 1.29 is 9.90 Å². The zero-order valence-electron chi connectivity index (χ0n) is 11.0. The molecule has 0 atom stereocenters. The lowest BCUT2D eigenvalue weighted by molar-refractivity contribution is -0.133. The molecular formula is C14H20N2O2S. The number of carbonyl (C=O) groups is 1. The third-order valence-corrected chi connectivity index (χ3v) is 4.97. The van der Waals surface area contributed by atoms with Gasteiger partial charge in [0.1, 0.15) is 0 Å². The first-order valence-electron chi connectivity index (χ1n) is 7.18. The second-order valence-corrected chi connectivity index (χ2v) is 6.60. The predicted octanol–water partition coefficient (Wildman–Crippen LogP) is 3.44. The Morgan fingerprint density at radius 2 is 2.05 bits per heavy atom. The van der Waals surface area contributed by atoms with E-state index in [1.807, 2.05) is 0 Å². The Hall–Kier alpha value is -0.970. The Bertz CT molecular complexity index is 462. The van der Waals surface area contributed by atoms with Crippen molar-refractivity contribution in [3.05, 3.63) is 11.8 Å². The number of carboxylic acid groups (broad SMARTS) is 1. The highest BCUT2D eigenvalue weighted by Gasteiger charge is 2.29. The molecule has 104 valence electrons. The van der Waals surface area contributed by atoms with Gasteiger partial charge in [-0.25, -0.2) is 0 Å². The van der Waals surface area contributed by atoms with E-state index in [0.29, 0.717) is 12.0 Å². The van der Waals surface area contributed by atoms with Crippen molar-refractivity contribution >= 4 is 17.7 Å². The van der Waals surface area contributed by atoms with E-state index in [0.717, 1.165) is 5.03 Å². The molecule has 0 bridgehead atoms. The van der Waals surface area contributed by atoms with Crippen LogP contribution in [0, 0.1) is 0 Å². The molecule has 19 heavy (non-hydrogen) atoms. The minimum atomic E-state index is -0.755. The first kappa shape index (κ1) is 13.0. The van der Waals surface area contributed by atoms with Crippen molar-refractivity contribution in [1.82, 2.24) is 9.78 Å². The summed E-state index contributed by atoms with van der Waals surface area (Å²) < 4.78 is 2.13. The van der Waals surface area contributed by atoms with Crippen LogP contribution >= 0.6 is 11.8 Å². The number of hydrogen-bond acceptors (Lipinski definition) is 3. The van der Waals surface area contributed by atoms with Crippen molar-refractivity contribution in [1.29, 1.82) is 0 Å². The number of aromatic nitrogens is 2. The van der Waals surface area contributed by atoms with Gasteiger partial charge in [-0.3, -0.25) is 9.48 Å². The van der Waals surface area contributed by atoms with Gasteiger partial charge < -0.3 is 5.11 Å². The van der Waals surface area contributed by atoms with Crippen LogP contribution in [0.2, 0.25) is 0 Å². The lowest BCUT2D eigenvalue weighted by atomic mass is 9.96. The summed E-state index contributed by atoms with van der Waals surface area (Å²) in [4.78, 5) is 10.8. The second-order valence-electron chi connectivity index (χ2n) is 5.60. The first-order chi connectivity index (χ1) is 9.24. The molecule has 4 nitrogen and oxygen atoms in total. The minimum Gasteiger partial charge on any atom is -0.481 e. The molecule has 2 aliphatic rings. The average Bonchev–Trinajstić information content (AvgIpc) is 3.18. The normalized spacial score (nSPS) is 20.6. The van der Waals surface area contributed by atoms with Crippen LogP contribution < -0.4 is 0 Å². The lowest BCUT2D eigenvalue weighted by Gasteiger charge is -2.23. The van der Waals surface area contributed by atoms with E-state index in [2.05, 4.69) is 10.7 Å². The summed E-state index contributed by atoms with van der Waals surface area (Å²) in [6.45, 7) is 0. The van der Waals surface area contributed by atoms with Gasteiger partial charge in [-0.1, -0.05) is 31.0 Å². The van der Waals surface area contributed by atoms with Crippen molar-refractivity contribution in [3.8, 4) is 0 Å². The molecule has 0 aliphatic heterocycles. The summed E-state index contributed by atoms with van der Waals surface area (Å²) in [5.74, 6) is 0.00563. The van der Waals surface area contributed by atoms with Crippen molar-refractivity contribution in [2.45, 2.75) is 61.9 Å². The quantitative estimate of drug-likeness (QED) is 0.839. The molecule has 0 radical (unpaired) electrons. The van der Waals surface area contributed by atoms with E-state index in [4.69, 9.17) is 10.2 Å². The highest BCUT2D eigenvalue weighted by molar-refractivity contribution is 7.99. The molecule has 2 fully saturated rings. The summed E-state index contributed by atoms with van der Waals surface area (Å²) >= 11 is 1.42. The zero-order valence-corrected chi connectivity index (χ0v) is 11.9. The summed E-state index contributed by atoms with van der Waals surface area (Å²) in [6.07, 6.45) is 8.72. The summed E-state index contributed by atoms with van der Waals surface area (Å²) in [5, 5.41) is 14.7. The van der Waals surface area contributed by atoms with Crippen LogP contribution in [0.3, 0.4) is 0 Å². The molecule has 1 aromatic heterocycles. The Morgan fingerprint density at radius 1 is 1.32 bits per heavy atom.